The highest BCUT2D eigenvalue weighted by Gasteiger charge is 2.38. The summed E-state index contributed by atoms with van der Waals surface area (Å²) in [7, 11) is 1.65. The van der Waals surface area contributed by atoms with Gasteiger partial charge in [0.15, 0.2) is 0 Å². The number of hydrogen-bond acceptors (Lipinski definition) is 7. The molecule has 3 aromatic rings. The largest absolute Gasteiger partial charge is 0.497 e. The Kier molecular flexibility index (Phi) is 7.97. The van der Waals surface area contributed by atoms with E-state index in [4.69, 9.17) is 4.74 Å². The summed E-state index contributed by atoms with van der Waals surface area (Å²) in [5.41, 5.74) is 2.01. The summed E-state index contributed by atoms with van der Waals surface area (Å²) in [6, 6.07) is 17.4. The molecule has 2 saturated heterocycles. The molecule has 2 aromatic carbocycles. The lowest BCUT2D eigenvalue weighted by Crippen LogP contribution is -2.44. The van der Waals surface area contributed by atoms with Gasteiger partial charge < -0.3 is 19.9 Å². The highest BCUT2D eigenvalue weighted by molar-refractivity contribution is 7.15. The van der Waals surface area contributed by atoms with Gasteiger partial charge in [-0.15, -0.1) is 10.2 Å². The fourth-order valence-electron chi connectivity index (χ4n) is 5.01. The van der Waals surface area contributed by atoms with Crippen LogP contribution in [-0.4, -0.2) is 59.6 Å². The standard InChI is InChI=1S/C28H31N5O4S/c1-37-23-10-7-19(8-11-23)9-12-24-30-31-28(38-24)29-26(35)20-13-15-32(16-14-20)27(36)21-17-25(34)33(18-21)22-5-3-2-4-6-22/h2-8,10-11,20-21H,9,12-18H2,1H3,(H,29,31,35). The summed E-state index contributed by atoms with van der Waals surface area (Å²) in [5.74, 6) is 0.197. The van der Waals surface area contributed by atoms with Gasteiger partial charge in [0.2, 0.25) is 22.9 Å². The van der Waals surface area contributed by atoms with Crippen LogP contribution in [0.2, 0.25) is 0 Å². The van der Waals surface area contributed by atoms with E-state index in [1.165, 1.54) is 16.9 Å². The Labute approximate surface area is 225 Å². The molecule has 10 heteroatoms. The van der Waals surface area contributed by atoms with Crippen molar-refractivity contribution < 1.29 is 19.1 Å². The molecule has 3 heterocycles. The van der Waals surface area contributed by atoms with Crippen molar-refractivity contribution >= 4 is 39.9 Å². The zero-order chi connectivity index (χ0) is 26.5. The Hall–Kier alpha value is -3.79. The van der Waals surface area contributed by atoms with Gasteiger partial charge in [-0.2, -0.15) is 0 Å². The number of carbonyl (C=O) groups excluding carboxylic acids is 3. The number of anilines is 2. The van der Waals surface area contributed by atoms with Crippen molar-refractivity contribution in [2.45, 2.75) is 32.1 Å². The second kappa shape index (κ2) is 11.7. The van der Waals surface area contributed by atoms with Crippen molar-refractivity contribution in [3.05, 3.63) is 65.2 Å². The Morgan fingerprint density at radius 2 is 1.74 bits per heavy atom. The second-order valence-electron chi connectivity index (χ2n) is 9.68. The lowest BCUT2D eigenvalue weighted by Gasteiger charge is -2.32. The van der Waals surface area contributed by atoms with Crippen LogP contribution in [0.5, 0.6) is 5.75 Å². The summed E-state index contributed by atoms with van der Waals surface area (Å²) in [4.78, 5) is 42.0. The molecule has 0 radical (unpaired) electrons. The first-order chi connectivity index (χ1) is 18.5. The maximum absolute atomic E-state index is 13.1. The van der Waals surface area contributed by atoms with Crippen LogP contribution in [0.1, 0.15) is 29.8 Å². The van der Waals surface area contributed by atoms with E-state index in [9.17, 15) is 14.4 Å². The zero-order valence-corrected chi connectivity index (χ0v) is 22.2. The number of piperidine rings is 1. The van der Waals surface area contributed by atoms with Crippen molar-refractivity contribution in [3.63, 3.8) is 0 Å². The normalized spacial score (nSPS) is 18.0. The molecular weight excluding hydrogens is 502 g/mol. The average molecular weight is 534 g/mol. The summed E-state index contributed by atoms with van der Waals surface area (Å²) < 4.78 is 5.19. The van der Waals surface area contributed by atoms with Crippen LogP contribution in [0.25, 0.3) is 0 Å². The van der Waals surface area contributed by atoms with Crippen LogP contribution in [0.3, 0.4) is 0 Å². The molecule has 0 spiro atoms. The fourth-order valence-corrected chi connectivity index (χ4v) is 5.75. The molecule has 2 aliphatic rings. The number of nitrogens with zero attached hydrogens (tertiary/aromatic N) is 4. The van der Waals surface area contributed by atoms with Crippen molar-refractivity contribution in [2.24, 2.45) is 11.8 Å². The lowest BCUT2D eigenvalue weighted by atomic mass is 9.94. The topological polar surface area (TPSA) is 105 Å². The van der Waals surface area contributed by atoms with E-state index >= 15 is 0 Å². The molecule has 2 fully saturated rings. The molecule has 5 rings (SSSR count). The van der Waals surface area contributed by atoms with Gasteiger partial charge in [-0.3, -0.25) is 14.4 Å². The summed E-state index contributed by atoms with van der Waals surface area (Å²) in [6.45, 7) is 1.42. The van der Waals surface area contributed by atoms with Gasteiger partial charge in [-0.05, 0) is 49.1 Å². The maximum atomic E-state index is 13.1. The minimum atomic E-state index is -0.342. The Morgan fingerprint density at radius 1 is 1.00 bits per heavy atom. The first kappa shape index (κ1) is 25.8. The van der Waals surface area contributed by atoms with Gasteiger partial charge in [0.1, 0.15) is 10.8 Å². The molecule has 0 aliphatic carbocycles. The number of rotatable bonds is 8. The molecule has 1 aromatic heterocycles. The number of amides is 3. The molecule has 3 amide bonds. The SMILES string of the molecule is COc1ccc(CCc2nnc(NC(=O)C3CCN(C(=O)C4CC(=O)N(c5ccccc5)C4)CC3)s2)cc1. The molecule has 1 unspecified atom stereocenters. The Bertz CT molecular complexity index is 1270. The number of carbonyl (C=O) groups is 3. The van der Waals surface area contributed by atoms with Crippen LogP contribution in [0.15, 0.2) is 54.6 Å². The number of nitrogens with one attached hydrogen (secondary N) is 1. The molecule has 1 atom stereocenters. The monoisotopic (exact) mass is 533 g/mol. The van der Waals surface area contributed by atoms with Gasteiger partial charge in [0.05, 0.1) is 13.0 Å². The van der Waals surface area contributed by atoms with Crippen molar-refractivity contribution in [3.8, 4) is 5.75 Å². The van der Waals surface area contributed by atoms with E-state index in [0.29, 0.717) is 37.6 Å². The summed E-state index contributed by atoms with van der Waals surface area (Å²) in [6.07, 6.45) is 2.97. The average Bonchev–Trinajstić information content (AvgIpc) is 3.58. The first-order valence-corrected chi connectivity index (χ1v) is 13.7. The van der Waals surface area contributed by atoms with Crippen LogP contribution in [0.4, 0.5) is 10.8 Å². The van der Waals surface area contributed by atoms with Crippen LogP contribution in [0, 0.1) is 11.8 Å². The third-order valence-corrected chi connectivity index (χ3v) is 8.10. The highest BCUT2D eigenvalue weighted by atomic mass is 32.1. The predicted molar refractivity (Wildman–Crippen MR) is 145 cm³/mol. The number of hydrogen-bond donors (Lipinski definition) is 1. The van der Waals surface area contributed by atoms with Crippen molar-refractivity contribution in [2.75, 3.05) is 37.0 Å². The van der Waals surface area contributed by atoms with Gasteiger partial charge in [0, 0.05) is 44.1 Å². The first-order valence-electron chi connectivity index (χ1n) is 12.9. The Morgan fingerprint density at radius 3 is 2.45 bits per heavy atom. The number of ether oxygens (including phenoxy) is 1. The van der Waals surface area contributed by atoms with Gasteiger partial charge in [0.25, 0.3) is 0 Å². The van der Waals surface area contributed by atoms with E-state index in [-0.39, 0.29) is 36.0 Å². The van der Waals surface area contributed by atoms with E-state index < -0.39 is 0 Å². The molecular formula is C28H31N5O4S. The molecule has 2 aliphatic heterocycles. The van der Waals surface area contributed by atoms with E-state index in [2.05, 4.69) is 15.5 Å². The van der Waals surface area contributed by atoms with Crippen molar-refractivity contribution in [1.29, 1.82) is 0 Å². The third kappa shape index (κ3) is 6.02. The molecule has 0 bridgehead atoms. The van der Waals surface area contributed by atoms with Gasteiger partial charge in [-0.25, -0.2) is 0 Å². The van der Waals surface area contributed by atoms with E-state index in [0.717, 1.165) is 29.3 Å². The molecule has 0 saturated carbocycles. The number of aryl methyl sites for hydroxylation is 2. The van der Waals surface area contributed by atoms with E-state index in [1.54, 1.807) is 16.9 Å². The number of para-hydroxylation sites is 1. The predicted octanol–water partition coefficient (Wildman–Crippen LogP) is 3.56. The lowest BCUT2D eigenvalue weighted by molar-refractivity contribution is -0.138. The Balaban J connectivity index is 1.07. The minimum Gasteiger partial charge on any atom is -0.497 e. The van der Waals surface area contributed by atoms with E-state index in [1.807, 2.05) is 54.6 Å². The molecule has 38 heavy (non-hydrogen) atoms. The zero-order valence-electron chi connectivity index (χ0n) is 21.3. The fraction of sp³-hybridized carbons (Fsp3) is 0.393. The number of benzene rings is 2. The maximum Gasteiger partial charge on any atom is 0.229 e. The molecule has 198 valence electrons. The minimum absolute atomic E-state index is 0.00117. The molecule has 1 N–H and O–H groups in total. The quantitative estimate of drug-likeness (QED) is 0.475. The number of likely N-dealkylation sites (tertiary alicyclic amines) is 1. The van der Waals surface area contributed by atoms with Crippen molar-refractivity contribution in [1.82, 2.24) is 15.1 Å². The van der Waals surface area contributed by atoms with Crippen LogP contribution in [-0.2, 0) is 27.2 Å². The van der Waals surface area contributed by atoms with Crippen LogP contribution < -0.4 is 15.0 Å². The highest BCUT2D eigenvalue weighted by Crippen LogP contribution is 2.28. The number of methoxy groups -OCH3 is 1. The van der Waals surface area contributed by atoms with Crippen LogP contribution >= 0.6 is 11.3 Å². The smallest absolute Gasteiger partial charge is 0.229 e. The third-order valence-electron chi connectivity index (χ3n) is 7.20. The summed E-state index contributed by atoms with van der Waals surface area (Å²) >= 11 is 1.39. The van der Waals surface area contributed by atoms with Gasteiger partial charge >= 0.3 is 0 Å². The molecule has 9 nitrogen and oxygen atoms in total. The number of aromatic nitrogens is 2. The second-order valence-corrected chi connectivity index (χ2v) is 10.7. The van der Waals surface area contributed by atoms with Gasteiger partial charge in [-0.1, -0.05) is 41.7 Å². The summed E-state index contributed by atoms with van der Waals surface area (Å²) in [5, 5.41) is 12.6.